The number of aromatic carboxylic acids is 1. The maximum absolute atomic E-state index is 12.3. The minimum absolute atomic E-state index is 0.208. The van der Waals surface area contributed by atoms with Crippen LogP contribution >= 0.6 is 11.3 Å². The van der Waals surface area contributed by atoms with Gasteiger partial charge in [-0.1, -0.05) is 19.3 Å². The summed E-state index contributed by atoms with van der Waals surface area (Å²) in [7, 11) is -3.92. The lowest BCUT2D eigenvalue weighted by Gasteiger charge is -2.21. The number of rotatable bonds is 4. The predicted molar refractivity (Wildman–Crippen MR) is 74.5 cm³/mol. The number of aliphatic hydroxyl groups is 1. The minimum Gasteiger partial charge on any atom is -0.477 e. The lowest BCUT2D eigenvalue weighted by atomic mass is 10.1. The Kier molecular flexibility index (Phi) is 4.79. The quantitative estimate of drug-likeness (QED) is 0.728. The van der Waals surface area contributed by atoms with E-state index in [1.165, 1.54) is 11.4 Å². The summed E-state index contributed by atoms with van der Waals surface area (Å²) >= 11 is 0.870. The molecular weight excluding hydrogens is 302 g/mol. The zero-order valence-corrected chi connectivity index (χ0v) is 12.4. The molecule has 20 heavy (non-hydrogen) atoms. The van der Waals surface area contributed by atoms with Gasteiger partial charge in [-0.05, 0) is 24.3 Å². The van der Waals surface area contributed by atoms with Gasteiger partial charge in [0.2, 0.25) is 10.0 Å². The molecule has 1 aliphatic rings. The zero-order chi connectivity index (χ0) is 14.8. The van der Waals surface area contributed by atoms with Gasteiger partial charge in [0.05, 0.1) is 6.10 Å². The molecule has 1 aromatic rings. The van der Waals surface area contributed by atoms with Crippen molar-refractivity contribution >= 4 is 27.3 Å². The van der Waals surface area contributed by atoms with Crippen LogP contribution in [0.5, 0.6) is 0 Å². The number of carbonyl (C=O) groups is 1. The molecule has 1 fully saturated rings. The highest BCUT2D eigenvalue weighted by Crippen LogP contribution is 2.24. The summed E-state index contributed by atoms with van der Waals surface area (Å²) in [6.45, 7) is 0. The van der Waals surface area contributed by atoms with Crippen molar-refractivity contribution in [3.63, 3.8) is 0 Å². The van der Waals surface area contributed by atoms with Crippen LogP contribution in [0.2, 0.25) is 0 Å². The molecule has 0 aromatic carbocycles. The van der Waals surface area contributed by atoms with Crippen LogP contribution in [0.15, 0.2) is 16.3 Å². The number of carboxylic acids is 1. The Morgan fingerprint density at radius 1 is 1.30 bits per heavy atom. The number of aliphatic hydroxyl groups excluding tert-OH is 1. The average Bonchev–Trinajstić information content (AvgIpc) is 2.79. The second-order valence-corrected chi connectivity index (χ2v) is 7.45. The molecule has 0 spiro atoms. The topological polar surface area (TPSA) is 104 Å². The maximum atomic E-state index is 12.3. The first-order valence-electron chi connectivity index (χ1n) is 6.43. The van der Waals surface area contributed by atoms with Gasteiger partial charge < -0.3 is 10.2 Å². The van der Waals surface area contributed by atoms with Crippen molar-refractivity contribution in [1.82, 2.24) is 4.72 Å². The Hall–Kier alpha value is -0.960. The maximum Gasteiger partial charge on any atom is 0.347 e. The number of sulfonamides is 1. The molecule has 0 bridgehead atoms. The number of carboxylic acid groups (broad SMARTS) is 1. The average molecular weight is 319 g/mol. The summed E-state index contributed by atoms with van der Waals surface area (Å²) < 4.78 is 27.0. The molecule has 0 aliphatic heterocycles. The number of nitrogens with one attached hydrogen (secondary N) is 1. The van der Waals surface area contributed by atoms with Crippen molar-refractivity contribution in [1.29, 1.82) is 0 Å². The highest BCUT2D eigenvalue weighted by atomic mass is 32.2. The molecule has 0 radical (unpaired) electrons. The van der Waals surface area contributed by atoms with Gasteiger partial charge in [-0.15, -0.1) is 11.3 Å². The Morgan fingerprint density at radius 2 is 2.00 bits per heavy atom. The molecule has 0 amide bonds. The van der Waals surface area contributed by atoms with Crippen LogP contribution in [0.25, 0.3) is 0 Å². The summed E-state index contributed by atoms with van der Waals surface area (Å²) in [4.78, 5) is 10.6. The summed E-state index contributed by atoms with van der Waals surface area (Å²) in [6, 6.07) is 0.726. The van der Waals surface area contributed by atoms with Gasteiger partial charge in [-0.3, -0.25) is 0 Å². The smallest absolute Gasteiger partial charge is 0.347 e. The molecule has 1 aliphatic carbocycles. The van der Waals surface area contributed by atoms with Crippen molar-refractivity contribution in [2.24, 2.45) is 0 Å². The van der Waals surface area contributed by atoms with E-state index in [-0.39, 0.29) is 9.77 Å². The normalized spacial score (nSPS) is 24.2. The summed E-state index contributed by atoms with van der Waals surface area (Å²) in [5, 5.41) is 20.4. The standard InChI is InChI=1S/C12H17NO5S2/c14-9-5-3-1-2-4-8(9)13-20(17,18)10-6-7-19-11(10)12(15)16/h6-9,13-14H,1-5H2,(H,15,16). The summed E-state index contributed by atoms with van der Waals surface area (Å²) in [5.74, 6) is -1.26. The van der Waals surface area contributed by atoms with E-state index in [4.69, 9.17) is 5.11 Å². The number of thiophene rings is 1. The van der Waals surface area contributed by atoms with Crippen molar-refractivity contribution in [2.75, 3.05) is 0 Å². The Balaban J connectivity index is 2.22. The third kappa shape index (κ3) is 3.38. The predicted octanol–water partition coefficient (Wildman–Crippen LogP) is 1.42. The van der Waals surface area contributed by atoms with Crippen LogP contribution in [0.1, 0.15) is 41.8 Å². The monoisotopic (exact) mass is 319 g/mol. The SMILES string of the molecule is O=C(O)c1sccc1S(=O)(=O)NC1CCCCCC1O. The first kappa shape index (κ1) is 15.4. The zero-order valence-electron chi connectivity index (χ0n) is 10.8. The van der Waals surface area contributed by atoms with Crippen LogP contribution in [0, 0.1) is 0 Å². The third-order valence-corrected chi connectivity index (χ3v) is 5.96. The number of hydrogen-bond donors (Lipinski definition) is 3. The van der Waals surface area contributed by atoms with Crippen molar-refractivity contribution in [3.05, 3.63) is 16.3 Å². The molecule has 0 saturated heterocycles. The van der Waals surface area contributed by atoms with Crippen LogP contribution in [-0.4, -0.2) is 36.7 Å². The lowest BCUT2D eigenvalue weighted by Crippen LogP contribution is -2.42. The van der Waals surface area contributed by atoms with Crippen LogP contribution in [-0.2, 0) is 10.0 Å². The molecular formula is C12H17NO5S2. The van der Waals surface area contributed by atoms with Crippen LogP contribution < -0.4 is 4.72 Å². The first-order valence-corrected chi connectivity index (χ1v) is 8.79. The van der Waals surface area contributed by atoms with Gasteiger partial charge in [-0.25, -0.2) is 17.9 Å². The van der Waals surface area contributed by atoms with Gasteiger partial charge in [0.1, 0.15) is 9.77 Å². The van der Waals surface area contributed by atoms with Crippen molar-refractivity contribution in [2.45, 2.75) is 49.1 Å². The summed E-state index contributed by atoms with van der Waals surface area (Å²) in [5.41, 5.74) is 0. The third-order valence-electron chi connectivity index (χ3n) is 3.40. The van der Waals surface area contributed by atoms with Crippen molar-refractivity contribution in [3.8, 4) is 0 Å². The van der Waals surface area contributed by atoms with E-state index >= 15 is 0 Å². The van der Waals surface area contributed by atoms with Gasteiger partial charge in [0, 0.05) is 6.04 Å². The molecule has 3 N–H and O–H groups in total. The Morgan fingerprint density at radius 3 is 2.70 bits per heavy atom. The largest absolute Gasteiger partial charge is 0.477 e. The molecule has 2 rings (SSSR count). The van der Waals surface area contributed by atoms with E-state index < -0.39 is 28.1 Å². The Bertz CT molecular complexity index is 580. The number of hydrogen-bond acceptors (Lipinski definition) is 5. The molecule has 2 unspecified atom stereocenters. The van der Waals surface area contributed by atoms with E-state index in [1.54, 1.807) is 0 Å². The molecule has 1 heterocycles. The van der Waals surface area contributed by atoms with Gasteiger partial charge in [-0.2, -0.15) is 0 Å². The van der Waals surface area contributed by atoms with E-state index in [0.29, 0.717) is 12.8 Å². The van der Waals surface area contributed by atoms with E-state index in [9.17, 15) is 18.3 Å². The molecule has 8 heteroatoms. The van der Waals surface area contributed by atoms with Crippen LogP contribution in [0.3, 0.4) is 0 Å². The van der Waals surface area contributed by atoms with E-state index in [1.807, 2.05) is 0 Å². The fourth-order valence-corrected chi connectivity index (χ4v) is 4.92. The minimum atomic E-state index is -3.92. The summed E-state index contributed by atoms with van der Waals surface area (Å²) in [6.07, 6.45) is 3.08. The van der Waals surface area contributed by atoms with Gasteiger partial charge >= 0.3 is 5.97 Å². The van der Waals surface area contributed by atoms with Gasteiger partial charge in [0.25, 0.3) is 0 Å². The first-order chi connectivity index (χ1) is 9.42. The lowest BCUT2D eigenvalue weighted by molar-refractivity contribution is 0.0698. The molecule has 2 atom stereocenters. The van der Waals surface area contributed by atoms with Crippen LogP contribution in [0.4, 0.5) is 0 Å². The van der Waals surface area contributed by atoms with Gasteiger partial charge in [0.15, 0.2) is 0 Å². The fraction of sp³-hybridized carbons (Fsp3) is 0.583. The molecule has 1 saturated carbocycles. The second-order valence-electron chi connectivity index (χ2n) is 4.85. The highest BCUT2D eigenvalue weighted by molar-refractivity contribution is 7.89. The second kappa shape index (κ2) is 6.21. The highest BCUT2D eigenvalue weighted by Gasteiger charge is 2.30. The van der Waals surface area contributed by atoms with Crippen molar-refractivity contribution < 1.29 is 23.4 Å². The molecule has 112 valence electrons. The molecule has 6 nitrogen and oxygen atoms in total. The van der Waals surface area contributed by atoms with E-state index in [2.05, 4.69) is 4.72 Å². The Labute approximate surface area is 121 Å². The molecule has 1 aromatic heterocycles. The van der Waals surface area contributed by atoms with E-state index in [0.717, 1.165) is 30.6 Å². The fourth-order valence-electron chi connectivity index (χ4n) is 2.35.